The zero-order valence-corrected chi connectivity index (χ0v) is 23.0. The Labute approximate surface area is 232 Å². The van der Waals surface area contributed by atoms with E-state index < -0.39 is 33.8 Å². The highest BCUT2D eigenvalue weighted by molar-refractivity contribution is 7.89. The number of methoxy groups -OCH3 is 1. The maximum Gasteiger partial charge on any atom is 0.321 e. The van der Waals surface area contributed by atoms with Crippen molar-refractivity contribution in [3.63, 3.8) is 0 Å². The second-order valence-corrected chi connectivity index (χ2v) is 10.9. The predicted octanol–water partition coefficient (Wildman–Crippen LogP) is 3.46. The number of nitrogens with zero attached hydrogens (tertiary/aromatic N) is 2. The Kier molecular flexibility index (Phi) is 9.22. The average Bonchev–Trinajstić information content (AvgIpc) is 2.97. The summed E-state index contributed by atoms with van der Waals surface area (Å²) < 4.78 is 52.2. The van der Waals surface area contributed by atoms with E-state index in [0.717, 1.165) is 34.1 Å². The van der Waals surface area contributed by atoms with Crippen LogP contribution < -0.4 is 20.1 Å². The van der Waals surface area contributed by atoms with Crippen LogP contribution in [0, 0.1) is 5.82 Å². The molecule has 10 nitrogen and oxygen atoms in total. The molecule has 40 heavy (non-hydrogen) atoms. The molecule has 1 atom stereocenters. The molecular formula is C28H31FN4O6S. The molecule has 0 aliphatic carbocycles. The van der Waals surface area contributed by atoms with E-state index in [9.17, 15) is 22.4 Å². The first-order valence-corrected chi connectivity index (χ1v) is 14.1. The monoisotopic (exact) mass is 570 g/mol. The maximum atomic E-state index is 13.5. The number of ether oxygens (including phenoxy) is 2. The summed E-state index contributed by atoms with van der Waals surface area (Å²) in [5, 5.41) is 5.56. The van der Waals surface area contributed by atoms with Gasteiger partial charge in [0.15, 0.2) is 0 Å². The molecule has 1 heterocycles. The molecule has 1 fully saturated rings. The average molecular weight is 571 g/mol. The van der Waals surface area contributed by atoms with E-state index >= 15 is 0 Å². The predicted molar refractivity (Wildman–Crippen MR) is 147 cm³/mol. The van der Waals surface area contributed by atoms with Gasteiger partial charge in [-0.2, -0.15) is 4.31 Å². The Hall–Kier alpha value is -4.16. The van der Waals surface area contributed by atoms with Crippen molar-refractivity contribution in [2.24, 2.45) is 0 Å². The van der Waals surface area contributed by atoms with Crippen molar-refractivity contribution in [1.82, 2.24) is 14.5 Å². The first-order chi connectivity index (χ1) is 19.2. The van der Waals surface area contributed by atoms with Crippen LogP contribution in [0.5, 0.6) is 11.5 Å². The molecule has 1 aliphatic heterocycles. The smallest absolute Gasteiger partial charge is 0.321 e. The Bertz CT molecular complexity index is 1430. The molecule has 1 unspecified atom stereocenters. The summed E-state index contributed by atoms with van der Waals surface area (Å²) in [6, 6.07) is 16.6. The van der Waals surface area contributed by atoms with Crippen molar-refractivity contribution >= 4 is 27.6 Å². The molecular weight excluding hydrogens is 539 g/mol. The fourth-order valence-electron chi connectivity index (χ4n) is 4.29. The summed E-state index contributed by atoms with van der Waals surface area (Å²) in [6.45, 7) is 2.23. The lowest BCUT2D eigenvalue weighted by Gasteiger charge is -2.39. The first kappa shape index (κ1) is 28.8. The fraction of sp³-hybridized carbons (Fsp3) is 0.286. The van der Waals surface area contributed by atoms with Gasteiger partial charge in [-0.25, -0.2) is 17.6 Å². The number of halogens is 1. The first-order valence-electron chi connectivity index (χ1n) is 12.7. The van der Waals surface area contributed by atoms with Gasteiger partial charge in [-0.05, 0) is 73.2 Å². The van der Waals surface area contributed by atoms with E-state index in [0.29, 0.717) is 23.8 Å². The minimum absolute atomic E-state index is 0.0446. The Morgan fingerprint density at radius 1 is 1.00 bits per heavy atom. The quantitative estimate of drug-likeness (QED) is 0.407. The summed E-state index contributed by atoms with van der Waals surface area (Å²) in [5.41, 5.74) is 1.27. The highest BCUT2D eigenvalue weighted by Crippen LogP contribution is 2.24. The van der Waals surface area contributed by atoms with Crippen molar-refractivity contribution in [3.05, 3.63) is 84.2 Å². The molecule has 3 aromatic rings. The lowest BCUT2D eigenvalue weighted by Crippen LogP contribution is -2.61. The zero-order valence-electron chi connectivity index (χ0n) is 22.2. The van der Waals surface area contributed by atoms with Gasteiger partial charge in [0, 0.05) is 31.9 Å². The number of carbonyl (C=O) groups is 2. The molecule has 0 saturated carbocycles. The number of amides is 3. The van der Waals surface area contributed by atoms with Gasteiger partial charge >= 0.3 is 6.03 Å². The van der Waals surface area contributed by atoms with Gasteiger partial charge in [0.25, 0.3) is 0 Å². The standard InChI is InChI=1S/C28H31FN4O6S/c1-3-39-23-11-9-22(10-12-23)31-28(35)32-15-16-33(40(36,37)25-13-7-21(29)8-14-25)26(19-32)27(34)30-18-20-5-4-6-24(17-20)38-2/h4-14,17,26H,3,15-16,18-19H2,1-2H3,(H,30,34)(H,31,35). The summed E-state index contributed by atoms with van der Waals surface area (Å²) in [5.74, 6) is 0.115. The molecule has 212 valence electrons. The van der Waals surface area contributed by atoms with E-state index in [1.807, 2.05) is 6.92 Å². The molecule has 1 aliphatic rings. The van der Waals surface area contributed by atoms with Crippen molar-refractivity contribution in [2.75, 3.05) is 38.7 Å². The number of hydrogen-bond donors (Lipinski definition) is 2. The third-order valence-corrected chi connectivity index (χ3v) is 8.28. The molecule has 0 radical (unpaired) electrons. The fourth-order valence-corrected chi connectivity index (χ4v) is 5.86. The topological polar surface area (TPSA) is 117 Å². The van der Waals surface area contributed by atoms with Crippen LogP contribution >= 0.6 is 0 Å². The van der Waals surface area contributed by atoms with Crippen molar-refractivity contribution in [2.45, 2.75) is 24.4 Å². The molecule has 4 rings (SSSR count). The van der Waals surface area contributed by atoms with Crippen LogP contribution in [-0.4, -0.2) is 69.0 Å². The number of sulfonamides is 1. The van der Waals surface area contributed by atoms with Crippen molar-refractivity contribution in [3.8, 4) is 11.5 Å². The van der Waals surface area contributed by atoms with E-state index in [1.54, 1.807) is 48.5 Å². The van der Waals surface area contributed by atoms with Crippen LogP contribution in [0.4, 0.5) is 14.9 Å². The number of piperazine rings is 1. The van der Waals surface area contributed by atoms with E-state index in [4.69, 9.17) is 9.47 Å². The molecule has 3 amide bonds. The lowest BCUT2D eigenvalue weighted by molar-refractivity contribution is -0.126. The van der Waals surface area contributed by atoms with E-state index in [1.165, 1.54) is 12.0 Å². The number of carbonyl (C=O) groups excluding carboxylic acids is 2. The van der Waals surface area contributed by atoms with E-state index in [2.05, 4.69) is 10.6 Å². The van der Waals surface area contributed by atoms with Crippen LogP contribution in [0.25, 0.3) is 0 Å². The lowest BCUT2D eigenvalue weighted by atomic mass is 10.1. The summed E-state index contributed by atoms with van der Waals surface area (Å²) in [6.07, 6.45) is 0. The van der Waals surface area contributed by atoms with E-state index in [-0.39, 0.29) is 31.1 Å². The minimum atomic E-state index is -4.17. The number of benzene rings is 3. The number of anilines is 1. The minimum Gasteiger partial charge on any atom is -0.497 e. The molecule has 0 aromatic heterocycles. The Morgan fingerprint density at radius 3 is 2.40 bits per heavy atom. The van der Waals surface area contributed by atoms with Crippen molar-refractivity contribution < 1.29 is 31.9 Å². The molecule has 0 spiro atoms. The second kappa shape index (κ2) is 12.8. The van der Waals surface area contributed by atoms with Crippen LogP contribution in [0.3, 0.4) is 0 Å². The number of urea groups is 1. The largest absolute Gasteiger partial charge is 0.497 e. The van der Waals surface area contributed by atoms with Gasteiger partial charge in [0.1, 0.15) is 23.4 Å². The number of nitrogens with one attached hydrogen (secondary N) is 2. The zero-order chi connectivity index (χ0) is 28.7. The van der Waals surface area contributed by atoms with Gasteiger partial charge in [-0.3, -0.25) is 4.79 Å². The van der Waals surface area contributed by atoms with Crippen LogP contribution in [0.2, 0.25) is 0 Å². The van der Waals surface area contributed by atoms with Gasteiger partial charge < -0.3 is 25.0 Å². The molecule has 2 N–H and O–H groups in total. The number of hydrogen-bond acceptors (Lipinski definition) is 6. The van der Waals surface area contributed by atoms with Gasteiger partial charge in [-0.1, -0.05) is 12.1 Å². The highest BCUT2D eigenvalue weighted by Gasteiger charge is 2.41. The third-order valence-electron chi connectivity index (χ3n) is 6.36. The van der Waals surface area contributed by atoms with Gasteiger partial charge in [0.05, 0.1) is 18.6 Å². The normalized spacial score (nSPS) is 15.8. The van der Waals surface area contributed by atoms with Crippen LogP contribution in [0.15, 0.2) is 77.7 Å². The summed E-state index contributed by atoms with van der Waals surface area (Å²) in [7, 11) is -2.64. The summed E-state index contributed by atoms with van der Waals surface area (Å²) >= 11 is 0. The molecule has 0 bridgehead atoms. The Balaban J connectivity index is 1.53. The maximum absolute atomic E-state index is 13.5. The summed E-state index contributed by atoms with van der Waals surface area (Å²) in [4.78, 5) is 27.7. The van der Waals surface area contributed by atoms with Crippen molar-refractivity contribution in [1.29, 1.82) is 0 Å². The Morgan fingerprint density at radius 2 is 1.73 bits per heavy atom. The highest BCUT2D eigenvalue weighted by atomic mass is 32.2. The molecule has 1 saturated heterocycles. The SMILES string of the molecule is CCOc1ccc(NC(=O)N2CCN(S(=O)(=O)c3ccc(F)cc3)C(C(=O)NCc3cccc(OC)c3)C2)cc1. The van der Waals surface area contributed by atoms with Gasteiger partial charge in [0.2, 0.25) is 15.9 Å². The van der Waals surface area contributed by atoms with Gasteiger partial charge in [-0.15, -0.1) is 0 Å². The molecule has 3 aromatic carbocycles. The number of rotatable bonds is 9. The molecule has 12 heteroatoms. The van der Waals surface area contributed by atoms with Crippen LogP contribution in [0.1, 0.15) is 12.5 Å². The van der Waals surface area contributed by atoms with Crippen LogP contribution in [-0.2, 0) is 21.4 Å². The third kappa shape index (κ3) is 6.88. The second-order valence-electron chi connectivity index (χ2n) is 8.99.